The van der Waals surface area contributed by atoms with Gasteiger partial charge in [-0.25, -0.2) is 4.79 Å². The van der Waals surface area contributed by atoms with Gasteiger partial charge in [0.1, 0.15) is 0 Å². The molecule has 0 spiro atoms. The number of hydrogen-bond acceptors (Lipinski definition) is 4. The number of unbranched alkanes of at least 4 members (excludes halogenated alkanes) is 1. The summed E-state index contributed by atoms with van der Waals surface area (Å²) in [5.41, 5.74) is 3.66. The lowest BCUT2D eigenvalue weighted by atomic mass is 10.0. The first kappa shape index (κ1) is 14.4. The first-order valence-corrected chi connectivity index (χ1v) is 4.81. The molecule has 7 nitrogen and oxygen atoms in total. The number of amides is 1. The van der Waals surface area contributed by atoms with Crippen LogP contribution in [0.15, 0.2) is 0 Å². The van der Waals surface area contributed by atoms with Crippen LogP contribution in [0.4, 0.5) is 0 Å². The molecule has 0 fully saturated rings. The molecule has 0 aromatic rings. The second kappa shape index (κ2) is 6.06. The van der Waals surface area contributed by atoms with Crippen LogP contribution in [0.2, 0.25) is 0 Å². The van der Waals surface area contributed by atoms with Gasteiger partial charge in [0.25, 0.3) is 0 Å². The molecule has 1 atom stereocenters. The molecule has 0 aliphatic carbocycles. The topological polar surface area (TPSA) is 130 Å². The second-order valence-electron chi connectivity index (χ2n) is 3.56. The average Bonchev–Trinajstić information content (AvgIpc) is 2.10. The van der Waals surface area contributed by atoms with Crippen molar-refractivity contribution >= 4 is 17.8 Å². The third-order valence-electron chi connectivity index (χ3n) is 1.99. The minimum absolute atomic E-state index is 0.00477. The molecule has 0 heterocycles. The fourth-order valence-electron chi connectivity index (χ4n) is 1.22. The van der Waals surface area contributed by atoms with Gasteiger partial charge in [-0.15, -0.1) is 0 Å². The zero-order chi connectivity index (χ0) is 12.8. The molecule has 7 heteroatoms. The Balaban J connectivity index is 4.18. The van der Waals surface area contributed by atoms with Crippen molar-refractivity contribution in [1.82, 2.24) is 5.32 Å². The summed E-state index contributed by atoms with van der Waals surface area (Å²) in [5.74, 6) is -2.82. The van der Waals surface area contributed by atoms with Crippen molar-refractivity contribution in [3.8, 4) is 0 Å². The van der Waals surface area contributed by atoms with E-state index in [1.807, 2.05) is 0 Å². The van der Waals surface area contributed by atoms with E-state index in [0.29, 0.717) is 12.8 Å². The fraction of sp³-hybridized carbons (Fsp3) is 0.667. The van der Waals surface area contributed by atoms with Gasteiger partial charge in [-0.2, -0.15) is 0 Å². The van der Waals surface area contributed by atoms with E-state index < -0.39 is 23.5 Å². The lowest BCUT2D eigenvalue weighted by Gasteiger charge is -2.25. The van der Waals surface area contributed by atoms with Crippen LogP contribution in [-0.4, -0.2) is 33.7 Å². The van der Waals surface area contributed by atoms with Crippen molar-refractivity contribution in [2.24, 2.45) is 5.73 Å². The highest BCUT2D eigenvalue weighted by atomic mass is 16.4. The minimum atomic E-state index is -1.82. The largest absolute Gasteiger partial charge is 0.481 e. The van der Waals surface area contributed by atoms with Crippen LogP contribution < -0.4 is 11.1 Å². The Bertz CT molecular complexity index is 292. The van der Waals surface area contributed by atoms with Crippen molar-refractivity contribution in [1.29, 1.82) is 0 Å². The molecule has 0 rings (SSSR count). The van der Waals surface area contributed by atoms with Gasteiger partial charge in [-0.3, -0.25) is 15.3 Å². The summed E-state index contributed by atoms with van der Waals surface area (Å²) in [7, 11) is 0. The molecule has 0 aromatic heterocycles. The van der Waals surface area contributed by atoms with Crippen molar-refractivity contribution in [2.75, 3.05) is 0 Å². The van der Waals surface area contributed by atoms with Gasteiger partial charge in [0, 0.05) is 13.3 Å². The van der Waals surface area contributed by atoms with Crippen molar-refractivity contribution in [2.45, 2.75) is 38.3 Å². The number of aliphatic carboxylic acids is 2. The summed E-state index contributed by atoms with van der Waals surface area (Å²) in [6.07, 6.45) is 0.585. The molecule has 16 heavy (non-hydrogen) atoms. The zero-order valence-corrected chi connectivity index (χ0v) is 9.02. The fourth-order valence-corrected chi connectivity index (χ4v) is 1.22. The molecule has 1 amide bonds. The number of carboxylic acids is 2. The van der Waals surface area contributed by atoms with E-state index in [-0.39, 0.29) is 12.8 Å². The molecular formula is C9H16N2O5. The van der Waals surface area contributed by atoms with Crippen LogP contribution in [0, 0.1) is 0 Å². The van der Waals surface area contributed by atoms with Crippen molar-refractivity contribution in [3.05, 3.63) is 0 Å². The summed E-state index contributed by atoms with van der Waals surface area (Å²) in [6.45, 7) is 1.17. The van der Waals surface area contributed by atoms with E-state index in [0.717, 1.165) is 0 Å². The average molecular weight is 232 g/mol. The minimum Gasteiger partial charge on any atom is -0.481 e. The Kier molecular flexibility index (Phi) is 5.44. The lowest BCUT2D eigenvalue weighted by Crippen LogP contribution is -2.61. The summed E-state index contributed by atoms with van der Waals surface area (Å²) in [4.78, 5) is 31.8. The zero-order valence-electron chi connectivity index (χ0n) is 9.02. The van der Waals surface area contributed by atoms with Gasteiger partial charge in [-0.1, -0.05) is 0 Å². The highest BCUT2D eigenvalue weighted by Gasteiger charge is 2.34. The maximum atomic E-state index is 10.8. The predicted molar refractivity (Wildman–Crippen MR) is 54.5 cm³/mol. The number of nitrogens with one attached hydrogen (secondary N) is 1. The summed E-state index contributed by atoms with van der Waals surface area (Å²) >= 11 is 0. The van der Waals surface area contributed by atoms with E-state index in [9.17, 15) is 14.4 Å². The number of carbonyl (C=O) groups is 3. The van der Waals surface area contributed by atoms with Crippen molar-refractivity contribution in [3.63, 3.8) is 0 Å². The van der Waals surface area contributed by atoms with Crippen LogP contribution in [-0.2, 0) is 14.4 Å². The standard InChI is InChI=1S/C9H16N2O5/c1-6(12)11-9(10,8(15)16)5-3-2-4-7(13)14/h2-5,10H2,1H3,(H,11,12)(H,13,14)(H,15,16). The van der Waals surface area contributed by atoms with Gasteiger partial charge >= 0.3 is 11.9 Å². The molecule has 0 aliphatic rings. The molecule has 0 aromatic carbocycles. The van der Waals surface area contributed by atoms with E-state index in [1.54, 1.807) is 0 Å². The van der Waals surface area contributed by atoms with Crippen LogP contribution in [0.3, 0.4) is 0 Å². The Morgan fingerprint density at radius 2 is 1.81 bits per heavy atom. The monoisotopic (exact) mass is 232 g/mol. The molecule has 0 saturated heterocycles. The third kappa shape index (κ3) is 5.30. The number of rotatable bonds is 7. The van der Waals surface area contributed by atoms with E-state index in [1.165, 1.54) is 6.92 Å². The first-order chi connectivity index (χ1) is 7.28. The van der Waals surface area contributed by atoms with Gasteiger partial charge in [0.2, 0.25) is 5.91 Å². The number of nitrogens with two attached hydrogens (primary N) is 1. The molecule has 0 radical (unpaired) electrons. The first-order valence-electron chi connectivity index (χ1n) is 4.81. The molecule has 92 valence electrons. The summed E-state index contributed by atoms with van der Waals surface area (Å²) in [5, 5.41) is 19.3. The highest BCUT2D eigenvalue weighted by molar-refractivity contribution is 5.85. The number of carboxylic acid groups (broad SMARTS) is 2. The van der Waals surface area contributed by atoms with Crippen LogP contribution in [0.5, 0.6) is 0 Å². The Hall–Kier alpha value is -1.63. The maximum absolute atomic E-state index is 10.8. The molecular weight excluding hydrogens is 216 g/mol. The normalized spacial score (nSPS) is 13.9. The number of carbonyl (C=O) groups excluding carboxylic acids is 1. The summed E-state index contributed by atoms with van der Waals surface area (Å²) < 4.78 is 0. The summed E-state index contributed by atoms with van der Waals surface area (Å²) in [6, 6.07) is 0. The van der Waals surface area contributed by atoms with E-state index in [2.05, 4.69) is 5.32 Å². The van der Waals surface area contributed by atoms with Gasteiger partial charge < -0.3 is 15.5 Å². The Morgan fingerprint density at radius 1 is 1.25 bits per heavy atom. The van der Waals surface area contributed by atoms with E-state index in [4.69, 9.17) is 15.9 Å². The maximum Gasteiger partial charge on any atom is 0.344 e. The van der Waals surface area contributed by atoms with Crippen LogP contribution in [0.1, 0.15) is 32.6 Å². The SMILES string of the molecule is CC(=O)NC(N)(CCCCC(=O)O)C(=O)O. The molecule has 0 bridgehead atoms. The molecule has 0 aliphatic heterocycles. The predicted octanol–water partition coefficient (Wildman–Crippen LogP) is -0.493. The molecule has 0 saturated carbocycles. The Morgan fingerprint density at radius 3 is 2.19 bits per heavy atom. The van der Waals surface area contributed by atoms with Crippen molar-refractivity contribution < 1.29 is 24.6 Å². The van der Waals surface area contributed by atoms with Gasteiger partial charge in [0.05, 0.1) is 0 Å². The van der Waals surface area contributed by atoms with Gasteiger partial charge in [0.15, 0.2) is 5.66 Å². The molecule has 1 unspecified atom stereocenters. The molecule has 5 N–H and O–H groups in total. The smallest absolute Gasteiger partial charge is 0.344 e. The third-order valence-corrected chi connectivity index (χ3v) is 1.99. The Labute approximate surface area is 92.6 Å². The lowest BCUT2D eigenvalue weighted by molar-refractivity contribution is -0.147. The number of hydrogen-bond donors (Lipinski definition) is 4. The van der Waals surface area contributed by atoms with Crippen LogP contribution in [0.25, 0.3) is 0 Å². The van der Waals surface area contributed by atoms with Gasteiger partial charge in [-0.05, 0) is 19.3 Å². The second-order valence-corrected chi connectivity index (χ2v) is 3.56. The quantitative estimate of drug-likeness (QED) is 0.346. The highest BCUT2D eigenvalue weighted by Crippen LogP contribution is 2.10. The van der Waals surface area contributed by atoms with Crippen LogP contribution >= 0.6 is 0 Å². The van der Waals surface area contributed by atoms with E-state index >= 15 is 0 Å².